The summed E-state index contributed by atoms with van der Waals surface area (Å²) < 4.78 is 17.4. The van der Waals surface area contributed by atoms with Gasteiger partial charge in [0.1, 0.15) is 0 Å². The molecule has 3 saturated heterocycles. The van der Waals surface area contributed by atoms with Crippen LogP contribution in [0.2, 0.25) is 0 Å². The van der Waals surface area contributed by atoms with Crippen molar-refractivity contribution in [1.82, 2.24) is 0 Å². The molecule has 0 aromatic heterocycles. The van der Waals surface area contributed by atoms with Gasteiger partial charge in [-0.1, -0.05) is 53.9 Å². The number of rotatable bonds is 5. The van der Waals surface area contributed by atoms with Crippen LogP contribution in [0.15, 0.2) is 0 Å². The molecule has 32 heavy (non-hydrogen) atoms. The molecule has 2 aliphatic carbocycles. The second-order valence-corrected chi connectivity index (χ2v) is 12.7. The van der Waals surface area contributed by atoms with Crippen molar-refractivity contribution in [3.8, 4) is 0 Å². The van der Waals surface area contributed by atoms with Crippen molar-refractivity contribution in [3.05, 3.63) is 0 Å². The van der Waals surface area contributed by atoms with Crippen LogP contribution in [0.4, 0.5) is 0 Å². The third kappa shape index (κ3) is 3.20. The van der Waals surface area contributed by atoms with E-state index in [0.717, 1.165) is 25.2 Å². The van der Waals surface area contributed by atoms with E-state index in [1.54, 1.807) is 0 Å². The summed E-state index contributed by atoms with van der Waals surface area (Å²) in [4.78, 5) is 25.9. The van der Waals surface area contributed by atoms with E-state index in [9.17, 15) is 9.59 Å². The SMILES string of the molecule is CC(C)CCC[C@@H](C)[C@H]1CC[C@H]2C[C@@H]3CC(=O)OC45O[C@@H](CC[C@]4(C)[C@H]3C[C@@]21C)OC5=O. The van der Waals surface area contributed by atoms with E-state index in [1.165, 1.54) is 32.1 Å². The van der Waals surface area contributed by atoms with Crippen LogP contribution < -0.4 is 0 Å². The van der Waals surface area contributed by atoms with Gasteiger partial charge in [-0.3, -0.25) is 9.53 Å². The maximum atomic E-state index is 13.0. The normalized spacial score (nSPS) is 48.4. The highest BCUT2D eigenvalue weighted by molar-refractivity contribution is 5.85. The number of fused-ring (bicyclic) bond motifs is 4. The first-order chi connectivity index (χ1) is 15.1. The Labute approximate surface area is 193 Å². The van der Waals surface area contributed by atoms with Gasteiger partial charge in [-0.2, -0.15) is 0 Å². The third-order valence-electron chi connectivity index (χ3n) is 10.5. The quantitative estimate of drug-likeness (QED) is 0.496. The molecule has 0 aromatic carbocycles. The van der Waals surface area contributed by atoms with E-state index >= 15 is 0 Å². The lowest BCUT2D eigenvalue weighted by Gasteiger charge is -2.55. The molecule has 5 fully saturated rings. The summed E-state index contributed by atoms with van der Waals surface area (Å²) in [5.41, 5.74) is -0.259. The minimum Gasteiger partial charge on any atom is -0.431 e. The van der Waals surface area contributed by atoms with Gasteiger partial charge in [-0.05, 0) is 73.0 Å². The first-order valence-electron chi connectivity index (χ1n) is 13.2. The van der Waals surface area contributed by atoms with E-state index in [1.807, 2.05) is 0 Å². The van der Waals surface area contributed by atoms with E-state index in [4.69, 9.17) is 14.2 Å². The zero-order valence-corrected chi connectivity index (χ0v) is 20.7. The Balaban J connectivity index is 1.44. The molecule has 0 amide bonds. The fraction of sp³-hybridized carbons (Fsp3) is 0.926. The Morgan fingerprint density at radius 3 is 2.59 bits per heavy atom. The van der Waals surface area contributed by atoms with Gasteiger partial charge in [0.2, 0.25) is 6.29 Å². The fourth-order valence-corrected chi connectivity index (χ4v) is 8.72. The predicted molar refractivity (Wildman–Crippen MR) is 120 cm³/mol. The fourth-order valence-electron chi connectivity index (χ4n) is 8.72. The molecule has 0 aromatic rings. The molecule has 5 heteroatoms. The molecule has 2 saturated carbocycles. The number of ether oxygens (including phenoxy) is 3. The Morgan fingerprint density at radius 1 is 1.06 bits per heavy atom. The summed E-state index contributed by atoms with van der Waals surface area (Å²) >= 11 is 0. The zero-order valence-electron chi connectivity index (χ0n) is 20.7. The molecule has 2 bridgehead atoms. The van der Waals surface area contributed by atoms with Gasteiger partial charge in [0, 0.05) is 18.3 Å². The molecular weight excluding hydrogens is 404 g/mol. The van der Waals surface area contributed by atoms with Crippen molar-refractivity contribution in [2.45, 2.75) is 111 Å². The van der Waals surface area contributed by atoms with Gasteiger partial charge in [0.15, 0.2) is 0 Å². The molecule has 9 atom stereocenters. The average Bonchev–Trinajstić information content (AvgIpc) is 3.16. The summed E-state index contributed by atoms with van der Waals surface area (Å²) in [6.45, 7) is 11.8. The molecule has 180 valence electrons. The van der Waals surface area contributed by atoms with Gasteiger partial charge in [-0.15, -0.1) is 0 Å². The average molecular weight is 447 g/mol. The van der Waals surface area contributed by atoms with Gasteiger partial charge in [0.05, 0.1) is 0 Å². The molecule has 3 aliphatic heterocycles. The molecule has 0 radical (unpaired) electrons. The van der Waals surface area contributed by atoms with Crippen molar-refractivity contribution in [2.24, 2.45) is 46.3 Å². The van der Waals surface area contributed by atoms with E-state index < -0.39 is 23.5 Å². The van der Waals surface area contributed by atoms with Crippen LogP contribution in [-0.2, 0) is 23.8 Å². The van der Waals surface area contributed by atoms with Crippen molar-refractivity contribution >= 4 is 11.9 Å². The summed E-state index contributed by atoms with van der Waals surface area (Å²) in [7, 11) is 0. The second-order valence-electron chi connectivity index (χ2n) is 12.7. The second kappa shape index (κ2) is 7.71. The molecule has 1 unspecified atom stereocenters. The van der Waals surface area contributed by atoms with Crippen LogP contribution in [0.3, 0.4) is 0 Å². The number of esters is 2. The van der Waals surface area contributed by atoms with Crippen LogP contribution in [0.5, 0.6) is 0 Å². The maximum Gasteiger partial charge on any atom is 0.382 e. The summed E-state index contributed by atoms with van der Waals surface area (Å²) in [5.74, 6) is 1.08. The van der Waals surface area contributed by atoms with Crippen LogP contribution in [0.25, 0.3) is 0 Å². The minimum absolute atomic E-state index is 0.241. The van der Waals surface area contributed by atoms with Crippen LogP contribution in [0, 0.1) is 46.3 Å². The van der Waals surface area contributed by atoms with Gasteiger partial charge in [-0.25, -0.2) is 4.79 Å². The molecule has 3 heterocycles. The molecule has 5 aliphatic rings. The largest absolute Gasteiger partial charge is 0.431 e. The molecule has 0 N–H and O–H groups in total. The van der Waals surface area contributed by atoms with Gasteiger partial charge in [0.25, 0.3) is 0 Å². The lowest BCUT2D eigenvalue weighted by molar-refractivity contribution is -0.297. The highest BCUT2D eigenvalue weighted by atomic mass is 16.8. The monoisotopic (exact) mass is 446 g/mol. The van der Waals surface area contributed by atoms with E-state index in [0.29, 0.717) is 30.6 Å². The van der Waals surface area contributed by atoms with Crippen molar-refractivity contribution < 1.29 is 23.8 Å². The number of hydrogen-bond donors (Lipinski definition) is 0. The molecule has 1 spiro atoms. The zero-order chi connectivity index (χ0) is 22.9. The Bertz CT molecular complexity index is 778. The lowest BCUT2D eigenvalue weighted by atomic mass is 9.50. The number of carbonyl (C=O) groups excluding carboxylic acids is 2. The molecule has 5 rings (SSSR count). The maximum absolute atomic E-state index is 13.0. The number of carbonyl (C=O) groups is 2. The topological polar surface area (TPSA) is 61.8 Å². The summed E-state index contributed by atoms with van der Waals surface area (Å²) in [6.07, 6.45) is 10.00. The Hall–Kier alpha value is -1.10. The van der Waals surface area contributed by atoms with Crippen LogP contribution >= 0.6 is 0 Å². The van der Waals surface area contributed by atoms with Crippen LogP contribution in [-0.4, -0.2) is 24.0 Å². The van der Waals surface area contributed by atoms with E-state index in [2.05, 4.69) is 34.6 Å². The minimum atomic E-state index is -1.54. The summed E-state index contributed by atoms with van der Waals surface area (Å²) in [6, 6.07) is 0. The lowest BCUT2D eigenvalue weighted by Crippen LogP contribution is -2.60. The number of hydrogen-bond acceptors (Lipinski definition) is 5. The molecule has 5 nitrogen and oxygen atoms in total. The first-order valence-corrected chi connectivity index (χ1v) is 13.2. The van der Waals surface area contributed by atoms with E-state index in [-0.39, 0.29) is 23.2 Å². The first kappa shape index (κ1) is 22.7. The standard InChI is InChI=1S/C27H42O5/c1-16(2)7-6-8-17(3)20-10-9-19-13-18-14-22(28)31-27-24(29)30-23(32-27)11-12-26(27,5)21(18)15-25(19,20)4/h16-21,23H,6-15H2,1-5H3/t17-,18-,19+,20-,21+,23+,25+,26-,27?/m1/s1. The summed E-state index contributed by atoms with van der Waals surface area (Å²) in [5, 5.41) is 0. The van der Waals surface area contributed by atoms with Crippen molar-refractivity contribution in [3.63, 3.8) is 0 Å². The van der Waals surface area contributed by atoms with Gasteiger partial charge < -0.3 is 9.47 Å². The predicted octanol–water partition coefficient (Wildman–Crippen LogP) is 5.85. The molecular formula is C27H42O5. The van der Waals surface area contributed by atoms with Crippen molar-refractivity contribution in [2.75, 3.05) is 0 Å². The smallest absolute Gasteiger partial charge is 0.382 e. The highest BCUT2D eigenvalue weighted by Gasteiger charge is 2.73. The Morgan fingerprint density at radius 2 is 1.84 bits per heavy atom. The third-order valence-corrected chi connectivity index (χ3v) is 10.5. The van der Waals surface area contributed by atoms with Crippen molar-refractivity contribution in [1.29, 1.82) is 0 Å². The van der Waals surface area contributed by atoms with Crippen LogP contribution in [0.1, 0.15) is 98.8 Å². The highest BCUT2D eigenvalue weighted by Crippen LogP contribution is 2.68. The van der Waals surface area contributed by atoms with Gasteiger partial charge >= 0.3 is 17.7 Å². The Kier molecular flexibility index (Phi) is 5.47.